The van der Waals surface area contributed by atoms with Gasteiger partial charge in [0.05, 0.1) is 7.11 Å². The highest BCUT2D eigenvalue weighted by Gasteiger charge is 2.90. The Morgan fingerprint density at radius 3 is 2.82 bits per heavy atom. The van der Waals surface area contributed by atoms with Crippen molar-refractivity contribution in [1.29, 1.82) is 0 Å². The van der Waals surface area contributed by atoms with E-state index < -0.39 is 0 Å². The molecule has 1 saturated heterocycles. The molecule has 0 unspecified atom stereocenters. The molecule has 5 rings (SSSR count). The van der Waals surface area contributed by atoms with Gasteiger partial charge in [-0.25, -0.2) is 4.79 Å². The van der Waals surface area contributed by atoms with Crippen molar-refractivity contribution in [2.24, 2.45) is 23.7 Å². The van der Waals surface area contributed by atoms with Gasteiger partial charge in [0.25, 0.3) is 0 Å². The predicted octanol–water partition coefficient (Wildman–Crippen LogP) is 1.45. The van der Waals surface area contributed by atoms with Crippen molar-refractivity contribution < 1.29 is 14.3 Å². The molecule has 0 N–H and O–H groups in total. The Bertz CT molecular complexity index is 520. The third-order valence-electron chi connectivity index (χ3n) is 5.83. The van der Waals surface area contributed by atoms with Crippen LogP contribution in [0.4, 0.5) is 0 Å². The van der Waals surface area contributed by atoms with Gasteiger partial charge in [0.2, 0.25) is 0 Å². The maximum atomic E-state index is 11.8. The molecule has 3 heteroatoms. The van der Waals surface area contributed by atoms with Crippen LogP contribution >= 0.6 is 0 Å². The Morgan fingerprint density at radius 2 is 2.06 bits per heavy atom. The molecule has 2 saturated carbocycles. The van der Waals surface area contributed by atoms with E-state index in [4.69, 9.17) is 9.47 Å². The minimum Gasteiger partial charge on any atom is -0.466 e. The molecule has 1 aliphatic heterocycles. The quantitative estimate of drug-likeness (QED) is 0.389. The molecule has 0 aromatic rings. The van der Waals surface area contributed by atoms with E-state index in [1.807, 2.05) is 0 Å². The van der Waals surface area contributed by atoms with Crippen molar-refractivity contribution in [2.45, 2.75) is 24.0 Å². The number of fused-ring (bicyclic) bond motifs is 4. The summed E-state index contributed by atoms with van der Waals surface area (Å²) in [5.74, 6) is 1.72. The lowest BCUT2D eigenvalue weighted by Crippen LogP contribution is -2.37. The lowest BCUT2D eigenvalue weighted by atomic mass is 9.74. The second-order valence-electron chi connectivity index (χ2n) is 6.03. The van der Waals surface area contributed by atoms with Gasteiger partial charge in [0.1, 0.15) is 11.2 Å². The Balaban J connectivity index is 1.66. The number of hydrogen-bond acceptors (Lipinski definition) is 3. The largest absolute Gasteiger partial charge is 0.466 e. The number of epoxide rings is 1. The molecule has 0 radical (unpaired) electrons. The summed E-state index contributed by atoms with van der Waals surface area (Å²) in [7, 11) is 1.47. The van der Waals surface area contributed by atoms with Gasteiger partial charge in [0, 0.05) is 29.2 Å². The van der Waals surface area contributed by atoms with Crippen LogP contribution in [-0.2, 0) is 14.3 Å². The van der Waals surface area contributed by atoms with Gasteiger partial charge in [-0.1, -0.05) is 18.2 Å². The van der Waals surface area contributed by atoms with Gasteiger partial charge in [0.15, 0.2) is 0 Å². The van der Waals surface area contributed by atoms with Gasteiger partial charge in [-0.15, -0.1) is 0 Å². The van der Waals surface area contributed by atoms with Crippen LogP contribution < -0.4 is 0 Å². The number of ether oxygens (including phenoxy) is 2. The number of rotatable bonds is 1. The van der Waals surface area contributed by atoms with Gasteiger partial charge in [-0.2, -0.15) is 0 Å². The van der Waals surface area contributed by atoms with E-state index in [1.54, 1.807) is 0 Å². The highest BCUT2D eigenvalue weighted by atomic mass is 16.6. The first-order valence-corrected chi connectivity index (χ1v) is 6.42. The second kappa shape index (κ2) is 2.24. The monoisotopic (exact) mass is 230 g/mol. The number of esters is 1. The zero-order valence-corrected chi connectivity index (χ0v) is 9.68. The van der Waals surface area contributed by atoms with Crippen molar-refractivity contribution in [3.63, 3.8) is 0 Å². The summed E-state index contributed by atoms with van der Waals surface area (Å²) in [4.78, 5) is 11.8. The van der Waals surface area contributed by atoms with E-state index in [1.165, 1.54) is 13.5 Å². The van der Waals surface area contributed by atoms with Crippen molar-refractivity contribution in [1.82, 2.24) is 0 Å². The highest BCUT2D eigenvalue weighted by Crippen LogP contribution is 2.82. The summed E-state index contributed by atoms with van der Waals surface area (Å²) < 4.78 is 11.1. The summed E-state index contributed by atoms with van der Waals surface area (Å²) >= 11 is 0. The first-order valence-electron chi connectivity index (χ1n) is 6.42. The first kappa shape index (κ1) is 8.92. The molecule has 88 valence electrons. The van der Waals surface area contributed by atoms with Crippen LogP contribution in [0.2, 0.25) is 0 Å². The van der Waals surface area contributed by atoms with Crippen molar-refractivity contribution in [2.75, 3.05) is 7.11 Å². The Labute approximate surface area is 99.5 Å². The molecule has 17 heavy (non-hydrogen) atoms. The maximum Gasteiger partial charge on any atom is 0.333 e. The summed E-state index contributed by atoms with van der Waals surface area (Å²) in [5, 5.41) is 0. The average molecular weight is 230 g/mol. The number of hydrogen-bond donors (Lipinski definition) is 0. The van der Waals surface area contributed by atoms with Crippen molar-refractivity contribution in [3.8, 4) is 0 Å². The molecule has 6 atom stereocenters. The topological polar surface area (TPSA) is 38.8 Å². The van der Waals surface area contributed by atoms with Crippen LogP contribution in [0.15, 0.2) is 23.8 Å². The van der Waals surface area contributed by atoms with Crippen LogP contribution in [0.3, 0.4) is 0 Å². The summed E-state index contributed by atoms with van der Waals surface area (Å²) in [6.07, 6.45) is 9.11. The fourth-order valence-electron chi connectivity index (χ4n) is 5.38. The van der Waals surface area contributed by atoms with Gasteiger partial charge in [-0.05, 0) is 12.8 Å². The van der Waals surface area contributed by atoms with Gasteiger partial charge < -0.3 is 9.47 Å². The third-order valence-corrected chi connectivity index (χ3v) is 5.83. The fraction of sp³-hybridized carbons (Fsp3) is 0.643. The van der Waals surface area contributed by atoms with E-state index in [-0.39, 0.29) is 17.2 Å². The minimum absolute atomic E-state index is 0.0185. The number of carbonyl (C=O) groups is 1. The molecule has 0 spiro atoms. The Hall–Kier alpha value is -1.09. The van der Waals surface area contributed by atoms with Crippen LogP contribution in [0.1, 0.15) is 12.8 Å². The molecular weight excluding hydrogens is 216 g/mol. The second-order valence-corrected chi connectivity index (χ2v) is 6.03. The maximum absolute atomic E-state index is 11.8. The molecule has 1 heterocycles. The lowest BCUT2D eigenvalue weighted by Gasteiger charge is -2.24. The van der Waals surface area contributed by atoms with Crippen LogP contribution in [-0.4, -0.2) is 24.3 Å². The molecule has 3 fully saturated rings. The van der Waals surface area contributed by atoms with E-state index in [0.29, 0.717) is 23.7 Å². The smallest absolute Gasteiger partial charge is 0.333 e. The Kier molecular flexibility index (Phi) is 1.17. The summed E-state index contributed by atoms with van der Waals surface area (Å²) in [6, 6.07) is 0. The standard InChI is InChI=1S/C14H14O3/c1-16-12(15)10-5-9-6-11(10)14-8-3-2-7(4-8)13(9,14)17-14/h2-3,5,7-9,11H,4,6H2,1H3/t7-,8-,9+,11-,13+,14-/m0/s1. The van der Waals surface area contributed by atoms with Crippen LogP contribution in [0.5, 0.6) is 0 Å². The highest BCUT2D eigenvalue weighted by molar-refractivity contribution is 5.91. The van der Waals surface area contributed by atoms with Crippen LogP contribution in [0, 0.1) is 23.7 Å². The SMILES string of the molecule is COC(=O)C1=C[C@@H]2C[C@@H]1[C@]13O[C@]21[C@H]1C=C[C@H]3C1. The molecule has 4 aliphatic carbocycles. The molecule has 3 nitrogen and oxygen atoms in total. The van der Waals surface area contributed by atoms with E-state index in [9.17, 15) is 4.79 Å². The van der Waals surface area contributed by atoms with Crippen molar-refractivity contribution >= 4 is 5.97 Å². The van der Waals surface area contributed by atoms with E-state index >= 15 is 0 Å². The van der Waals surface area contributed by atoms with E-state index in [2.05, 4.69) is 18.2 Å². The number of carbonyl (C=O) groups excluding carboxylic acids is 1. The normalized spacial score (nSPS) is 59.0. The molecule has 0 aromatic heterocycles. The van der Waals surface area contributed by atoms with Crippen LogP contribution in [0.25, 0.3) is 0 Å². The molecule has 0 aromatic carbocycles. The van der Waals surface area contributed by atoms with Crippen molar-refractivity contribution in [3.05, 3.63) is 23.8 Å². The Morgan fingerprint density at radius 1 is 1.29 bits per heavy atom. The predicted molar refractivity (Wildman–Crippen MR) is 59.0 cm³/mol. The third kappa shape index (κ3) is 0.628. The molecule has 5 aliphatic rings. The van der Waals surface area contributed by atoms with Gasteiger partial charge in [-0.3, -0.25) is 0 Å². The summed E-state index contributed by atoms with van der Waals surface area (Å²) in [5.41, 5.74) is 0.941. The average Bonchev–Trinajstić information content (AvgIpc) is 2.79. The van der Waals surface area contributed by atoms with E-state index in [0.717, 1.165) is 12.0 Å². The number of methoxy groups -OCH3 is 1. The molecule has 4 bridgehead atoms. The van der Waals surface area contributed by atoms with Gasteiger partial charge >= 0.3 is 5.97 Å². The zero-order chi connectivity index (χ0) is 11.4. The first-order chi connectivity index (χ1) is 8.24. The summed E-state index contributed by atoms with van der Waals surface area (Å²) in [6.45, 7) is 0. The molecule has 0 amide bonds. The zero-order valence-electron chi connectivity index (χ0n) is 9.68. The minimum atomic E-state index is -0.150. The molecular formula is C14H14O3. The fourth-order valence-corrected chi connectivity index (χ4v) is 5.38. The lowest BCUT2D eigenvalue weighted by molar-refractivity contribution is -0.137.